The Hall–Kier alpha value is -2.54. The second-order valence-electron chi connectivity index (χ2n) is 4.36. The van der Waals surface area contributed by atoms with Gasteiger partial charge in [0.25, 0.3) is 0 Å². The van der Waals surface area contributed by atoms with Gasteiger partial charge >= 0.3 is 0 Å². The maximum absolute atomic E-state index is 9.14. The molecular formula is C15H16N4. The second-order valence-corrected chi connectivity index (χ2v) is 4.36. The summed E-state index contributed by atoms with van der Waals surface area (Å²) in [5, 5.41) is 12.3. The number of anilines is 2. The monoisotopic (exact) mass is 252 g/mol. The van der Waals surface area contributed by atoms with Crippen molar-refractivity contribution < 1.29 is 0 Å². The minimum absolute atomic E-state index is 0.429. The molecule has 0 radical (unpaired) electrons. The van der Waals surface area contributed by atoms with Crippen molar-refractivity contribution in [2.24, 2.45) is 0 Å². The molecule has 0 aliphatic carbocycles. The van der Waals surface area contributed by atoms with Crippen LogP contribution in [0.5, 0.6) is 0 Å². The fourth-order valence-corrected chi connectivity index (χ4v) is 1.94. The third-order valence-corrected chi connectivity index (χ3v) is 2.90. The molecule has 0 bridgehead atoms. The van der Waals surface area contributed by atoms with Crippen LogP contribution in [-0.4, -0.2) is 11.5 Å². The van der Waals surface area contributed by atoms with Crippen LogP contribution in [0.1, 0.15) is 16.7 Å². The molecule has 96 valence electrons. The first-order valence-corrected chi connectivity index (χ1v) is 6.15. The molecule has 0 amide bonds. The Morgan fingerprint density at radius 2 is 2.05 bits per heavy atom. The van der Waals surface area contributed by atoms with Crippen molar-refractivity contribution >= 4 is 11.6 Å². The highest BCUT2D eigenvalue weighted by molar-refractivity contribution is 5.59. The van der Waals surface area contributed by atoms with Gasteiger partial charge in [-0.15, -0.1) is 0 Å². The number of nitriles is 1. The third-order valence-electron chi connectivity index (χ3n) is 2.90. The van der Waals surface area contributed by atoms with E-state index in [9.17, 15) is 0 Å². The number of rotatable bonds is 4. The molecule has 0 saturated heterocycles. The summed E-state index contributed by atoms with van der Waals surface area (Å²) in [4.78, 5) is 4.18. The van der Waals surface area contributed by atoms with Gasteiger partial charge in [-0.1, -0.05) is 30.3 Å². The van der Waals surface area contributed by atoms with Gasteiger partial charge in [-0.25, -0.2) is 4.98 Å². The number of hydrogen-bond acceptors (Lipinski definition) is 4. The molecule has 19 heavy (non-hydrogen) atoms. The van der Waals surface area contributed by atoms with Crippen molar-refractivity contribution in [3.63, 3.8) is 0 Å². The lowest BCUT2D eigenvalue weighted by Crippen LogP contribution is -2.09. The van der Waals surface area contributed by atoms with Crippen LogP contribution in [0.4, 0.5) is 11.6 Å². The number of pyridine rings is 1. The highest BCUT2D eigenvalue weighted by atomic mass is 15.0. The summed E-state index contributed by atoms with van der Waals surface area (Å²) < 4.78 is 0. The Labute approximate surface area is 112 Å². The van der Waals surface area contributed by atoms with E-state index in [2.05, 4.69) is 28.5 Å². The van der Waals surface area contributed by atoms with E-state index >= 15 is 0 Å². The predicted molar refractivity (Wildman–Crippen MR) is 76.7 cm³/mol. The van der Waals surface area contributed by atoms with E-state index in [-0.39, 0.29) is 0 Å². The molecule has 0 spiro atoms. The van der Waals surface area contributed by atoms with Crippen molar-refractivity contribution in [2.75, 3.05) is 17.6 Å². The van der Waals surface area contributed by atoms with E-state index in [4.69, 9.17) is 11.0 Å². The SMILES string of the molecule is Cc1cc(N)nc(NCCc2ccccc2)c1C#N. The van der Waals surface area contributed by atoms with Gasteiger partial charge in [0.05, 0.1) is 5.56 Å². The molecule has 1 aromatic heterocycles. The van der Waals surface area contributed by atoms with Crippen LogP contribution < -0.4 is 11.1 Å². The maximum atomic E-state index is 9.14. The van der Waals surface area contributed by atoms with E-state index in [1.54, 1.807) is 6.07 Å². The van der Waals surface area contributed by atoms with Gasteiger partial charge in [0.2, 0.25) is 0 Å². The van der Waals surface area contributed by atoms with E-state index in [0.29, 0.717) is 23.7 Å². The van der Waals surface area contributed by atoms with E-state index in [1.165, 1.54) is 5.56 Å². The summed E-state index contributed by atoms with van der Waals surface area (Å²) in [6.45, 7) is 2.58. The zero-order valence-corrected chi connectivity index (χ0v) is 10.9. The number of nitrogen functional groups attached to an aromatic ring is 1. The average molecular weight is 252 g/mol. The molecule has 2 aromatic rings. The lowest BCUT2D eigenvalue weighted by atomic mass is 10.1. The molecule has 1 heterocycles. The molecule has 4 heteroatoms. The standard InChI is InChI=1S/C15H16N4/c1-11-9-14(17)19-15(13(11)10-16)18-8-7-12-5-3-2-4-6-12/h2-6,9H,7-8H2,1H3,(H3,17,18,19). The first kappa shape index (κ1) is 12.9. The van der Waals surface area contributed by atoms with Crippen LogP contribution >= 0.6 is 0 Å². The molecule has 3 N–H and O–H groups in total. The van der Waals surface area contributed by atoms with Gasteiger partial charge in [-0.2, -0.15) is 5.26 Å². The largest absolute Gasteiger partial charge is 0.384 e. The van der Waals surface area contributed by atoms with E-state index < -0.39 is 0 Å². The van der Waals surface area contributed by atoms with Crippen molar-refractivity contribution in [1.29, 1.82) is 5.26 Å². The molecule has 0 aliphatic heterocycles. The molecule has 0 saturated carbocycles. The number of aryl methyl sites for hydroxylation is 1. The summed E-state index contributed by atoms with van der Waals surface area (Å²) in [6, 6.07) is 14.0. The zero-order chi connectivity index (χ0) is 13.7. The molecule has 4 nitrogen and oxygen atoms in total. The number of aromatic nitrogens is 1. The fourth-order valence-electron chi connectivity index (χ4n) is 1.94. The lowest BCUT2D eigenvalue weighted by molar-refractivity contribution is 1.00. The van der Waals surface area contributed by atoms with Gasteiger partial charge in [-0.05, 0) is 30.5 Å². The summed E-state index contributed by atoms with van der Waals surface area (Å²) in [7, 11) is 0. The van der Waals surface area contributed by atoms with Gasteiger partial charge in [0.1, 0.15) is 17.7 Å². The smallest absolute Gasteiger partial charge is 0.146 e. The minimum atomic E-state index is 0.429. The number of hydrogen-bond donors (Lipinski definition) is 2. The lowest BCUT2D eigenvalue weighted by Gasteiger charge is -2.10. The quantitative estimate of drug-likeness (QED) is 0.876. The zero-order valence-electron chi connectivity index (χ0n) is 10.9. The highest BCUT2D eigenvalue weighted by Gasteiger charge is 2.08. The summed E-state index contributed by atoms with van der Waals surface area (Å²) >= 11 is 0. The normalized spacial score (nSPS) is 9.89. The Morgan fingerprint density at radius 3 is 2.74 bits per heavy atom. The number of nitrogens with zero attached hydrogens (tertiary/aromatic N) is 2. The predicted octanol–water partition coefficient (Wildman–Crippen LogP) is 2.50. The van der Waals surface area contributed by atoms with Crippen LogP contribution in [0.25, 0.3) is 0 Å². The van der Waals surface area contributed by atoms with Crippen LogP contribution in [0.2, 0.25) is 0 Å². The Bertz CT molecular complexity index is 600. The number of nitrogens with one attached hydrogen (secondary N) is 1. The Balaban J connectivity index is 2.06. The van der Waals surface area contributed by atoms with Gasteiger partial charge in [0, 0.05) is 6.54 Å². The van der Waals surface area contributed by atoms with Crippen LogP contribution in [-0.2, 0) is 6.42 Å². The Kier molecular flexibility index (Phi) is 3.99. The van der Waals surface area contributed by atoms with E-state index in [1.807, 2.05) is 25.1 Å². The van der Waals surface area contributed by atoms with Crippen LogP contribution in [0.3, 0.4) is 0 Å². The minimum Gasteiger partial charge on any atom is -0.384 e. The molecule has 2 rings (SSSR count). The van der Waals surface area contributed by atoms with Crippen molar-refractivity contribution in [2.45, 2.75) is 13.3 Å². The molecule has 1 aromatic carbocycles. The number of benzene rings is 1. The topological polar surface area (TPSA) is 74.7 Å². The number of nitrogens with two attached hydrogens (primary N) is 1. The average Bonchev–Trinajstić information content (AvgIpc) is 2.39. The first-order chi connectivity index (χ1) is 9.20. The third kappa shape index (κ3) is 3.23. The van der Waals surface area contributed by atoms with Crippen molar-refractivity contribution in [3.05, 3.63) is 53.1 Å². The van der Waals surface area contributed by atoms with Crippen molar-refractivity contribution in [3.8, 4) is 6.07 Å². The van der Waals surface area contributed by atoms with Gasteiger partial charge in [-0.3, -0.25) is 0 Å². The highest BCUT2D eigenvalue weighted by Crippen LogP contribution is 2.18. The van der Waals surface area contributed by atoms with Gasteiger partial charge < -0.3 is 11.1 Å². The molecular weight excluding hydrogens is 236 g/mol. The van der Waals surface area contributed by atoms with Crippen LogP contribution in [0.15, 0.2) is 36.4 Å². The summed E-state index contributed by atoms with van der Waals surface area (Å²) in [5.74, 6) is 0.995. The molecule has 0 atom stereocenters. The first-order valence-electron chi connectivity index (χ1n) is 6.15. The van der Waals surface area contributed by atoms with Crippen LogP contribution in [0, 0.1) is 18.3 Å². The fraction of sp³-hybridized carbons (Fsp3) is 0.200. The molecule has 0 fully saturated rings. The molecule has 0 aliphatic rings. The molecule has 0 unspecified atom stereocenters. The second kappa shape index (κ2) is 5.87. The van der Waals surface area contributed by atoms with Crippen molar-refractivity contribution in [1.82, 2.24) is 4.98 Å². The summed E-state index contributed by atoms with van der Waals surface area (Å²) in [5.41, 5.74) is 8.35. The van der Waals surface area contributed by atoms with Gasteiger partial charge in [0.15, 0.2) is 0 Å². The maximum Gasteiger partial charge on any atom is 0.146 e. The van der Waals surface area contributed by atoms with E-state index in [0.717, 1.165) is 12.0 Å². The summed E-state index contributed by atoms with van der Waals surface area (Å²) in [6.07, 6.45) is 0.876. The Morgan fingerprint density at radius 1 is 1.32 bits per heavy atom.